The molecule has 0 bridgehead atoms. The van der Waals surface area contributed by atoms with Crippen molar-refractivity contribution in [3.05, 3.63) is 12.2 Å². The first-order chi connectivity index (χ1) is 7.59. The first kappa shape index (κ1) is 13.2. The van der Waals surface area contributed by atoms with Crippen molar-refractivity contribution in [2.24, 2.45) is 5.92 Å². The van der Waals surface area contributed by atoms with Crippen LogP contribution in [0.15, 0.2) is 12.2 Å². The summed E-state index contributed by atoms with van der Waals surface area (Å²) < 4.78 is 5.04. The Hall–Kier alpha value is -0.830. The van der Waals surface area contributed by atoms with E-state index >= 15 is 0 Å². The van der Waals surface area contributed by atoms with Gasteiger partial charge in [0.05, 0.1) is 6.10 Å². The molecular formula is C13H22O3. The first-order valence-corrected chi connectivity index (χ1v) is 6.16. The van der Waals surface area contributed by atoms with Crippen LogP contribution in [0.2, 0.25) is 0 Å². The van der Waals surface area contributed by atoms with Gasteiger partial charge in [-0.05, 0) is 38.2 Å². The summed E-state index contributed by atoms with van der Waals surface area (Å²) in [5.41, 5.74) is 0. The van der Waals surface area contributed by atoms with E-state index in [4.69, 9.17) is 4.74 Å². The number of aliphatic hydroxyl groups excluding tert-OH is 1. The summed E-state index contributed by atoms with van der Waals surface area (Å²) in [6.45, 7) is 3.92. The fraction of sp³-hybridized carbons (Fsp3) is 0.769. The zero-order valence-corrected chi connectivity index (χ0v) is 10.2. The van der Waals surface area contributed by atoms with Gasteiger partial charge in [0.2, 0.25) is 0 Å². The molecule has 1 aliphatic heterocycles. The maximum absolute atomic E-state index is 10.8. The van der Waals surface area contributed by atoms with Crippen LogP contribution in [0, 0.1) is 5.92 Å². The van der Waals surface area contributed by atoms with Crippen LogP contribution in [0.25, 0.3) is 0 Å². The molecule has 0 amide bonds. The maximum Gasteiger partial charge on any atom is 0.331 e. The van der Waals surface area contributed by atoms with Crippen LogP contribution in [0.3, 0.4) is 0 Å². The molecule has 0 spiro atoms. The van der Waals surface area contributed by atoms with Crippen molar-refractivity contribution in [3.63, 3.8) is 0 Å². The SMILES string of the molecule is C[C@@H](O)[C@@H](C)CCCCC[C@H]1C=CC(=O)O1. The summed E-state index contributed by atoms with van der Waals surface area (Å²) in [6, 6.07) is 0. The Labute approximate surface area is 97.5 Å². The molecule has 3 atom stereocenters. The highest BCUT2D eigenvalue weighted by Crippen LogP contribution is 2.17. The topological polar surface area (TPSA) is 46.5 Å². The molecule has 1 rings (SSSR count). The van der Waals surface area contributed by atoms with Gasteiger partial charge in [0.25, 0.3) is 0 Å². The summed E-state index contributed by atoms with van der Waals surface area (Å²) >= 11 is 0. The lowest BCUT2D eigenvalue weighted by Gasteiger charge is -2.14. The van der Waals surface area contributed by atoms with E-state index in [1.54, 1.807) is 0 Å². The van der Waals surface area contributed by atoms with Gasteiger partial charge >= 0.3 is 5.97 Å². The van der Waals surface area contributed by atoms with Gasteiger partial charge in [-0.2, -0.15) is 0 Å². The van der Waals surface area contributed by atoms with Crippen molar-refractivity contribution in [1.29, 1.82) is 0 Å². The van der Waals surface area contributed by atoms with Crippen LogP contribution in [0.5, 0.6) is 0 Å². The zero-order chi connectivity index (χ0) is 12.0. The molecule has 0 radical (unpaired) electrons. The lowest BCUT2D eigenvalue weighted by Crippen LogP contribution is -2.12. The third-order valence-corrected chi connectivity index (χ3v) is 3.19. The van der Waals surface area contributed by atoms with Gasteiger partial charge < -0.3 is 9.84 Å². The number of carbonyl (C=O) groups excluding carboxylic acids is 1. The Bertz CT molecular complexity index is 246. The zero-order valence-electron chi connectivity index (χ0n) is 10.2. The van der Waals surface area contributed by atoms with Crippen LogP contribution in [0.4, 0.5) is 0 Å². The third kappa shape index (κ3) is 4.79. The molecule has 0 unspecified atom stereocenters. The molecule has 1 heterocycles. The highest BCUT2D eigenvalue weighted by atomic mass is 16.5. The van der Waals surface area contributed by atoms with E-state index < -0.39 is 0 Å². The lowest BCUT2D eigenvalue weighted by atomic mass is 9.98. The second-order valence-corrected chi connectivity index (χ2v) is 4.69. The molecule has 16 heavy (non-hydrogen) atoms. The van der Waals surface area contributed by atoms with E-state index in [1.165, 1.54) is 6.08 Å². The smallest absolute Gasteiger partial charge is 0.331 e. The largest absolute Gasteiger partial charge is 0.455 e. The van der Waals surface area contributed by atoms with E-state index in [1.807, 2.05) is 13.0 Å². The highest BCUT2D eigenvalue weighted by Gasteiger charge is 2.15. The molecule has 0 aromatic heterocycles. The van der Waals surface area contributed by atoms with Gasteiger partial charge in [-0.1, -0.05) is 19.8 Å². The molecule has 92 valence electrons. The second kappa shape index (κ2) is 6.69. The fourth-order valence-electron chi connectivity index (χ4n) is 1.80. The molecule has 3 heteroatoms. The van der Waals surface area contributed by atoms with Crippen molar-refractivity contribution in [1.82, 2.24) is 0 Å². The molecule has 0 fully saturated rings. The Kier molecular flexibility index (Phi) is 5.53. The standard InChI is InChI=1S/C13H22O3/c1-10(11(2)14)6-4-3-5-7-12-8-9-13(15)16-12/h8-12,14H,3-7H2,1-2H3/t10-,11+,12-/m0/s1. The minimum atomic E-state index is -0.215. The van der Waals surface area contributed by atoms with Gasteiger partial charge in [0.1, 0.15) is 6.10 Å². The molecule has 1 N–H and O–H groups in total. The normalized spacial score (nSPS) is 23.2. The lowest BCUT2D eigenvalue weighted by molar-refractivity contribution is -0.138. The molecule has 0 saturated heterocycles. The van der Waals surface area contributed by atoms with E-state index in [9.17, 15) is 9.90 Å². The average molecular weight is 226 g/mol. The quantitative estimate of drug-likeness (QED) is 0.535. The van der Waals surface area contributed by atoms with Crippen molar-refractivity contribution < 1.29 is 14.6 Å². The molecule has 1 aliphatic rings. The van der Waals surface area contributed by atoms with E-state index in [2.05, 4.69) is 6.92 Å². The number of cyclic esters (lactones) is 1. The van der Waals surface area contributed by atoms with E-state index in [0.29, 0.717) is 5.92 Å². The first-order valence-electron chi connectivity index (χ1n) is 6.16. The summed E-state index contributed by atoms with van der Waals surface area (Å²) in [7, 11) is 0. The Balaban J connectivity index is 1.96. The molecule has 0 aromatic rings. The monoisotopic (exact) mass is 226 g/mol. The van der Waals surface area contributed by atoms with Gasteiger partial charge in [0, 0.05) is 6.08 Å². The number of carbonyl (C=O) groups is 1. The van der Waals surface area contributed by atoms with Crippen molar-refractivity contribution >= 4 is 5.97 Å². The van der Waals surface area contributed by atoms with Crippen LogP contribution in [-0.2, 0) is 9.53 Å². The number of unbranched alkanes of at least 4 members (excludes halogenated alkanes) is 2. The van der Waals surface area contributed by atoms with Crippen molar-refractivity contribution in [3.8, 4) is 0 Å². The van der Waals surface area contributed by atoms with Crippen LogP contribution in [0.1, 0.15) is 46.0 Å². The third-order valence-electron chi connectivity index (χ3n) is 3.19. The summed E-state index contributed by atoms with van der Waals surface area (Å²) in [4.78, 5) is 10.8. The summed E-state index contributed by atoms with van der Waals surface area (Å²) in [6.07, 6.45) is 8.47. The van der Waals surface area contributed by atoms with Crippen molar-refractivity contribution in [2.75, 3.05) is 0 Å². The molecular weight excluding hydrogens is 204 g/mol. The number of esters is 1. The number of hydrogen-bond acceptors (Lipinski definition) is 3. The second-order valence-electron chi connectivity index (χ2n) is 4.69. The van der Waals surface area contributed by atoms with Gasteiger partial charge in [-0.25, -0.2) is 4.79 Å². The molecule has 0 saturated carbocycles. The van der Waals surface area contributed by atoms with Gasteiger partial charge in [0.15, 0.2) is 0 Å². The van der Waals surface area contributed by atoms with Crippen LogP contribution < -0.4 is 0 Å². The minimum absolute atomic E-state index is 0.00156. The van der Waals surface area contributed by atoms with Crippen molar-refractivity contribution in [2.45, 2.75) is 58.2 Å². The number of rotatable bonds is 7. The number of hydrogen-bond donors (Lipinski definition) is 1. The van der Waals surface area contributed by atoms with Gasteiger partial charge in [-0.3, -0.25) is 0 Å². The Morgan fingerprint density at radius 3 is 2.69 bits per heavy atom. The van der Waals surface area contributed by atoms with E-state index in [-0.39, 0.29) is 18.2 Å². The van der Waals surface area contributed by atoms with Crippen LogP contribution in [-0.4, -0.2) is 23.3 Å². The molecule has 0 aliphatic carbocycles. The van der Waals surface area contributed by atoms with E-state index in [0.717, 1.165) is 32.1 Å². The average Bonchev–Trinajstić information content (AvgIpc) is 2.63. The maximum atomic E-state index is 10.8. The Morgan fingerprint density at radius 2 is 2.12 bits per heavy atom. The predicted molar refractivity (Wildman–Crippen MR) is 62.9 cm³/mol. The number of aliphatic hydroxyl groups is 1. The van der Waals surface area contributed by atoms with Gasteiger partial charge in [-0.15, -0.1) is 0 Å². The molecule has 0 aromatic carbocycles. The number of ether oxygens (including phenoxy) is 1. The minimum Gasteiger partial charge on any atom is -0.455 e. The summed E-state index contributed by atoms with van der Waals surface area (Å²) in [5.74, 6) is 0.164. The highest BCUT2D eigenvalue weighted by molar-refractivity contribution is 5.84. The summed E-state index contributed by atoms with van der Waals surface area (Å²) in [5, 5.41) is 9.31. The van der Waals surface area contributed by atoms with Crippen LogP contribution >= 0.6 is 0 Å². The predicted octanol–water partition coefficient (Wildman–Crippen LogP) is 2.44. The fourth-order valence-corrected chi connectivity index (χ4v) is 1.80. The molecule has 3 nitrogen and oxygen atoms in total. The Morgan fingerprint density at radius 1 is 1.38 bits per heavy atom.